The third-order valence-electron chi connectivity index (χ3n) is 8.63. The number of hydrogen-bond acceptors (Lipinski definition) is 7. The maximum absolute atomic E-state index is 14.6. The van der Waals surface area contributed by atoms with Crippen LogP contribution in [0.2, 0.25) is 5.02 Å². The molecule has 0 unspecified atom stereocenters. The predicted octanol–water partition coefficient (Wildman–Crippen LogP) is 5.08. The number of pyridine rings is 1. The standard InChI is InChI=1S/C33H35ClFN5O5/c1-3-45-31-19(15-28(36)41)14-27(38-30(31)18-7-10-24(34)25(35)12-18)33(43,22-5-4-6-22)17-37-32(42)20-11-21-16-40(23-8-9-23)39-29(21)26(13-20)44-2/h7,10-14,16,22-23,43H,3-6,8-9,15,17H2,1-2H3,(H2,36,41)(H,37,42)/t33-/m1/s1. The highest BCUT2D eigenvalue weighted by Crippen LogP contribution is 2.44. The summed E-state index contributed by atoms with van der Waals surface area (Å²) in [6.45, 7) is 1.85. The van der Waals surface area contributed by atoms with Crippen LogP contribution >= 0.6 is 11.6 Å². The van der Waals surface area contributed by atoms with Crippen molar-refractivity contribution < 1.29 is 28.6 Å². The van der Waals surface area contributed by atoms with Gasteiger partial charge < -0.3 is 25.6 Å². The highest BCUT2D eigenvalue weighted by atomic mass is 35.5. The summed E-state index contributed by atoms with van der Waals surface area (Å²) in [7, 11) is 1.54. The summed E-state index contributed by atoms with van der Waals surface area (Å²) in [6.07, 6.45) is 6.17. The molecule has 2 fully saturated rings. The van der Waals surface area contributed by atoms with Crippen LogP contribution in [-0.2, 0) is 16.8 Å². The van der Waals surface area contributed by atoms with E-state index in [9.17, 15) is 19.1 Å². The Balaban J connectivity index is 1.38. The normalized spacial score (nSPS) is 16.2. The molecule has 2 aromatic heterocycles. The highest BCUT2D eigenvalue weighted by Gasteiger charge is 2.44. The Morgan fingerprint density at radius 1 is 1.20 bits per heavy atom. The number of aromatic nitrogens is 3. The second-order valence-corrected chi connectivity index (χ2v) is 12.1. The monoisotopic (exact) mass is 635 g/mol. The van der Waals surface area contributed by atoms with Crippen molar-refractivity contribution in [3.8, 4) is 22.8 Å². The van der Waals surface area contributed by atoms with Gasteiger partial charge in [-0.25, -0.2) is 9.37 Å². The molecule has 4 aromatic rings. The van der Waals surface area contributed by atoms with E-state index in [1.165, 1.54) is 19.2 Å². The third kappa shape index (κ3) is 6.06. The molecule has 2 saturated carbocycles. The lowest BCUT2D eigenvalue weighted by Gasteiger charge is -2.41. The molecule has 6 rings (SSSR count). The molecule has 2 aliphatic rings. The van der Waals surface area contributed by atoms with Crippen LogP contribution in [0.4, 0.5) is 4.39 Å². The number of fused-ring (bicyclic) bond motifs is 1. The molecule has 45 heavy (non-hydrogen) atoms. The molecule has 2 heterocycles. The Labute approximate surface area is 264 Å². The number of nitrogens with one attached hydrogen (secondary N) is 1. The lowest BCUT2D eigenvalue weighted by atomic mass is 9.70. The van der Waals surface area contributed by atoms with Gasteiger partial charge >= 0.3 is 0 Å². The van der Waals surface area contributed by atoms with Gasteiger partial charge in [0.05, 0.1) is 43.4 Å². The number of rotatable bonds is 12. The predicted molar refractivity (Wildman–Crippen MR) is 167 cm³/mol. The molecule has 0 saturated heterocycles. The molecular formula is C33H35ClFN5O5. The van der Waals surface area contributed by atoms with E-state index < -0.39 is 23.2 Å². The number of benzene rings is 2. The fraction of sp³-hybridized carbons (Fsp3) is 0.394. The van der Waals surface area contributed by atoms with Gasteiger partial charge in [0.15, 0.2) is 0 Å². The topological polar surface area (TPSA) is 142 Å². The Bertz CT molecular complexity index is 1790. The van der Waals surface area contributed by atoms with E-state index in [0.29, 0.717) is 46.8 Å². The maximum atomic E-state index is 14.6. The Hall–Kier alpha value is -4.22. The smallest absolute Gasteiger partial charge is 0.251 e. The molecular weight excluding hydrogens is 601 g/mol. The van der Waals surface area contributed by atoms with Gasteiger partial charge in [-0.15, -0.1) is 0 Å². The van der Waals surface area contributed by atoms with Crippen molar-refractivity contribution in [2.24, 2.45) is 11.7 Å². The number of amides is 2. The highest BCUT2D eigenvalue weighted by molar-refractivity contribution is 6.30. The number of nitrogens with zero attached hydrogens (tertiary/aromatic N) is 3. The van der Waals surface area contributed by atoms with Crippen LogP contribution in [-0.4, -0.2) is 51.9 Å². The molecule has 1 atom stereocenters. The second kappa shape index (κ2) is 12.3. The number of primary amides is 1. The molecule has 0 aliphatic heterocycles. The first-order chi connectivity index (χ1) is 21.6. The van der Waals surface area contributed by atoms with Crippen molar-refractivity contribution in [1.82, 2.24) is 20.1 Å². The molecule has 0 spiro atoms. The van der Waals surface area contributed by atoms with E-state index in [4.69, 9.17) is 31.8 Å². The van der Waals surface area contributed by atoms with Crippen molar-refractivity contribution in [2.75, 3.05) is 20.3 Å². The van der Waals surface area contributed by atoms with Crippen molar-refractivity contribution in [1.29, 1.82) is 0 Å². The molecule has 0 radical (unpaired) electrons. The van der Waals surface area contributed by atoms with Gasteiger partial charge in [-0.05, 0) is 68.9 Å². The average Bonchev–Trinajstić information content (AvgIpc) is 3.74. The van der Waals surface area contributed by atoms with Gasteiger partial charge in [-0.2, -0.15) is 5.10 Å². The fourth-order valence-electron chi connectivity index (χ4n) is 5.85. The fourth-order valence-corrected chi connectivity index (χ4v) is 5.97. The van der Waals surface area contributed by atoms with E-state index in [1.807, 2.05) is 10.9 Å². The summed E-state index contributed by atoms with van der Waals surface area (Å²) >= 11 is 5.95. The summed E-state index contributed by atoms with van der Waals surface area (Å²) in [6, 6.07) is 9.58. The number of nitrogens with two attached hydrogens (primary N) is 1. The first kappa shape index (κ1) is 30.8. The van der Waals surface area contributed by atoms with Gasteiger partial charge in [0.1, 0.15) is 34.1 Å². The molecule has 4 N–H and O–H groups in total. The summed E-state index contributed by atoms with van der Waals surface area (Å²) < 4.78 is 28.0. The van der Waals surface area contributed by atoms with Crippen LogP contribution in [0, 0.1) is 11.7 Å². The largest absolute Gasteiger partial charge is 0.494 e. The second-order valence-electron chi connectivity index (χ2n) is 11.7. The van der Waals surface area contributed by atoms with Gasteiger partial charge in [0, 0.05) is 28.3 Å². The number of ether oxygens (including phenoxy) is 2. The van der Waals surface area contributed by atoms with E-state index in [2.05, 4.69) is 10.4 Å². The van der Waals surface area contributed by atoms with Crippen LogP contribution in [0.3, 0.4) is 0 Å². The quantitative estimate of drug-likeness (QED) is 0.197. The average molecular weight is 636 g/mol. The molecule has 0 bridgehead atoms. The zero-order valence-corrected chi connectivity index (χ0v) is 25.9. The number of hydrogen-bond donors (Lipinski definition) is 3. The van der Waals surface area contributed by atoms with Crippen LogP contribution in [0.5, 0.6) is 11.5 Å². The lowest BCUT2D eigenvalue weighted by Crippen LogP contribution is -2.49. The van der Waals surface area contributed by atoms with Gasteiger partial charge in [-0.1, -0.05) is 24.1 Å². The number of methoxy groups -OCH3 is 1. The summed E-state index contributed by atoms with van der Waals surface area (Å²) in [5, 5.41) is 20.6. The van der Waals surface area contributed by atoms with Crippen molar-refractivity contribution >= 4 is 34.3 Å². The van der Waals surface area contributed by atoms with E-state index in [0.717, 1.165) is 24.6 Å². The molecule has 2 aromatic carbocycles. The number of carbonyl (C=O) groups is 2. The molecule has 2 amide bonds. The van der Waals surface area contributed by atoms with E-state index in [1.54, 1.807) is 31.2 Å². The van der Waals surface area contributed by atoms with Crippen LogP contribution < -0.4 is 20.5 Å². The molecule has 236 valence electrons. The van der Waals surface area contributed by atoms with Crippen LogP contribution in [0.15, 0.2) is 42.6 Å². The number of aliphatic hydroxyl groups is 1. The maximum Gasteiger partial charge on any atom is 0.251 e. The SMILES string of the molecule is CCOc1c(CC(N)=O)cc([C@@](O)(CNC(=O)c2cc(OC)c3nn(C4CC4)cc3c2)C2CCC2)nc1-c1ccc(Cl)c(F)c1. The molecule has 12 heteroatoms. The van der Waals surface area contributed by atoms with Crippen molar-refractivity contribution in [3.63, 3.8) is 0 Å². The first-order valence-electron chi connectivity index (χ1n) is 15.1. The minimum Gasteiger partial charge on any atom is -0.494 e. The minimum atomic E-state index is -1.62. The van der Waals surface area contributed by atoms with E-state index in [-0.39, 0.29) is 47.7 Å². The Morgan fingerprint density at radius 3 is 2.60 bits per heavy atom. The lowest BCUT2D eigenvalue weighted by molar-refractivity contribution is -0.117. The van der Waals surface area contributed by atoms with Gasteiger partial charge in [0.25, 0.3) is 5.91 Å². The zero-order chi connectivity index (χ0) is 31.9. The minimum absolute atomic E-state index is 0.0615. The molecule has 2 aliphatic carbocycles. The Morgan fingerprint density at radius 2 is 1.98 bits per heavy atom. The van der Waals surface area contributed by atoms with Crippen LogP contribution in [0.1, 0.15) is 66.7 Å². The third-order valence-corrected chi connectivity index (χ3v) is 8.94. The summed E-state index contributed by atoms with van der Waals surface area (Å²) in [5.74, 6) is -1.17. The zero-order valence-electron chi connectivity index (χ0n) is 25.1. The number of halogens is 2. The first-order valence-corrected chi connectivity index (χ1v) is 15.5. The van der Waals surface area contributed by atoms with Gasteiger partial charge in [0.2, 0.25) is 5.91 Å². The van der Waals surface area contributed by atoms with Gasteiger partial charge in [-0.3, -0.25) is 14.3 Å². The van der Waals surface area contributed by atoms with Crippen molar-refractivity contribution in [2.45, 2.75) is 57.1 Å². The number of carbonyl (C=O) groups excluding carboxylic acids is 2. The van der Waals surface area contributed by atoms with Crippen molar-refractivity contribution in [3.05, 3.63) is 70.3 Å². The van der Waals surface area contributed by atoms with E-state index >= 15 is 0 Å². The summed E-state index contributed by atoms with van der Waals surface area (Å²) in [4.78, 5) is 30.5. The Kier molecular flexibility index (Phi) is 8.41. The van der Waals surface area contributed by atoms with Crippen LogP contribution in [0.25, 0.3) is 22.2 Å². The summed E-state index contributed by atoms with van der Waals surface area (Å²) in [5.41, 5.74) is 6.21. The molecule has 10 nitrogen and oxygen atoms in total.